The Morgan fingerprint density at radius 3 is 2.07 bits per heavy atom. The van der Waals surface area contributed by atoms with Crippen LogP contribution in [0.5, 0.6) is 0 Å². The van der Waals surface area contributed by atoms with E-state index in [-0.39, 0.29) is 5.82 Å². The Kier molecular flexibility index (Phi) is 8.49. The quantitative estimate of drug-likeness (QED) is 0.317. The highest BCUT2D eigenvalue weighted by Crippen LogP contribution is 2.23. The van der Waals surface area contributed by atoms with Crippen molar-refractivity contribution < 1.29 is 4.39 Å². The number of hydrogen-bond donors (Lipinski definition) is 0. The molecule has 3 aromatic rings. The molecule has 0 atom stereocenters. The van der Waals surface area contributed by atoms with Crippen LogP contribution >= 0.6 is 0 Å². The Balaban J connectivity index is 1.64. The minimum Gasteiger partial charge on any atom is -0.255 e. The molecule has 0 amide bonds. The standard InChI is InChI=1S/C26H32FN3/c1-3-5-7-9-10-20-17-29-26(30-18-20)23-14-15-25(28-19-23)22-13-12-21(24(27)16-22)11-8-6-4-2/h12-19H,3-11H2,1-2H3. The van der Waals surface area contributed by atoms with Gasteiger partial charge in [0.25, 0.3) is 0 Å². The topological polar surface area (TPSA) is 38.7 Å². The molecule has 0 saturated carbocycles. The van der Waals surface area contributed by atoms with E-state index in [2.05, 4.69) is 28.8 Å². The smallest absolute Gasteiger partial charge is 0.160 e. The molecule has 0 N–H and O–H groups in total. The number of pyridine rings is 1. The molecule has 3 rings (SSSR count). The third kappa shape index (κ3) is 6.19. The highest BCUT2D eigenvalue weighted by molar-refractivity contribution is 5.63. The second kappa shape index (κ2) is 11.5. The number of halogens is 1. The summed E-state index contributed by atoms with van der Waals surface area (Å²) in [5.41, 5.74) is 4.38. The Hall–Kier alpha value is -2.62. The molecule has 30 heavy (non-hydrogen) atoms. The van der Waals surface area contributed by atoms with Crippen molar-refractivity contribution in [2.75, 3.05) is 0 Å². The number of aromatic nitrogens is 3. The van der Waals surface area contributed by atoms with Crippen molar-refractivity contribution >= 4 is 0 Å². The van der Waals surface area contributed by atoms with Crippen LogP contribution in [0.25, 0.3) is 22.6 Å². The largest absolute Gasteiger partial charge is 0.255 e. The first-order valence-electron chi connectivity index (χ1n) is 11.3. The highest BCUT2D eigenvalue weighted by atomic mass is 19.1. The van der Waals surface area contributed by atoms with Crippen molar-refractivity contribution in [3.63, 3.8) is 0 Å². The van der Waals surface area contributed by atoms with E-state index in [0.29, 0.717) is 5.82 Å². The Morgan fingerprint density at radius 1 is 0.700 bits per heavy atom. The average Bonchev–Trinajstić information content (AvgIpc) is 2.78. The molecule has 0 bridgehead atoms. The summed E-state index contributed by atoms with van der Waals surface area (Å²) in [6.45, 7) is 4.38. The molecule has 0 fully saturated rings. The lowest BCUT2D eigenvalue weighted by Gasteiger charge is -2.07. The van der Waals surface area contributed by atoms with E-state index in [1.165, 1.54) is 31.2 Å². The maximum absolute atomic E-state index is 14.4. The van der Waals surface area contributed by atoms with Crippen molar-refractivity contribution in [1.29, 1.82) is 0 Å². The van der Waals surface area contributed by atoms with Gasteiger partial charge in [-0.3, -0.25) is 4.98 Å². The minimum atomic E-state index is -0.146. The van der Waals surface area contributed by atoms with E-state index in [4.69, 9.17) is 0 Å². The fraction of sp³-hybridized carbons (Fsp3) is 0.423. The van der Waals surface area contributed by atoms with Gasteiger partial charge in [0.2, 0.25) is 0 Å². The number of benzene rings is 1. The van der Waals surface area contributed by atoms with Gasteiger partial charge in [-0.1, -0.05) is 58.1 Å². The van der Waals surface area contributed by atoms with Crippen LogP contribution in [-0.2, 0) is 12.8 Å². The Bertz CT molecular complexity index is 905. The number of unbranched alkanes of at least 4 members (excludes halogenated alkanes) is 5. The third-order valence-electron chi connectivity index (χ3n) is 5.44. The van der Waals surface area contributed by atoms with Crippen molar-refractivity contribution in [3.8, 4) is 22.6 Å². The van der Waals surface area contributed by atoms with Crippen LogP contribution in [0, 0.1) is 5.82 Å². The van der Waals surface area contributed by atoms with Crippen LogP contribution in [0.4, 0.5) is 4.39 Å². The molecule has 0 radical (unpaired) electrons. The van der Waals surface area contributed by atoms with Gasteiger partial charge in [0.05, 0.1) is 5.69 Å². The van der Waals surface area contributed by atoms with Crippen molar-refractivity contribution in [2.45, 2.75) is 71.6 Å². The van der Waals surface area contributed by atoms with Crippen LogP contribution < -0.4 is 0 Å². The first kappa shape index (κ1) is 22.1. The SMILES string of the molecule is CCCCCCc1cnc(-c2ccc(-c3ccc(CCCCC)c(F)c3)nc2)nc1. The highest BCUT2D eigenvalue weighted by Gasteiger charge is 2.08. The van der Waals surface area contributed by atoms with E-state index in [1.807, 2.05) is 36.7 Å². The molecule has 0 unspecified atom stereocenters. The predicted octanol–water partition coefficient (Wildman–Crippen LogP) is 7.20. The van der Waals surface area contributed by atoms with Crippen molar-refractivity contribution in [3.05, 3.63) is 65.9 Å². The fourth-order valence-corrected chi connectivity index (χ4v) is 3.56. The van der Waals surface area contributed by atoms with Gasteiger partial charge < -0.3 is 0 Å². The monoisotopic (exact) mass is 405 g/mol. The van der Waals surface area contributed by atoms with Gasteiger partial charge in [0, 0.05) is 29.7 Å². The van der Waals surface area contributed by atoms with E-state index in [1.54, 1.807) is 12.3 Å². The van der Waals surface area contributed by atoms with Crippen LogP contribution in [-0.4, -0.2) is 15.0 Å². The molecule has 2 heterocycles. The Morgan fingerprint density at radius 2 is 1.40 bits per heavy atom. The number of hydrogen-bond acceptors (Lipinski definition) is 3. The fourth-order valence-electron chi connectivity index (χ4n) is 3.56. The average molecular weight is 406 g/mol. The zero-order valence-electron chi connectivity index (χ0n) is 18.2. The van der Waals surface area contributed by atoms with Gasteiger partial charge in [0.1, 0.15) is 5.82 Å². The molecular formula is C26H32FN3. The van der Waals surface area contributed by atoms with Crippen molar-refractivity contribution in [1.82, 2.24) is 15.0 Å². The van der Waals surface area contributed by atoms with Gasteiger partial charge >= 0.3 is 0 Å². The van der Waals surface area contributed by atoms with Crippen LogP contribution in [0.15, 0.2) is 48.9 Å². The molecule has 3 nitrogen and oxygen atoms in total. The lowest BCUT2D eigenvalue weighted by Crippen LogP contribution is -1.95. The van der Waals surface area contributed by atoms with Crippen LogP contribution in [0.2, 0.25) is 0 Å². The molecule has 158 valence electrons. The second-order valence-corrected chi connectivity index (χ2v) is 7.92. The van der Waals surface area contributed by atoms with Gasteiger partial charge in [-0.05, 0) is 55.0 Å². The van der Waals surface area contributed by atoms with Crippen LogP contribution in [0.1, 0.15) is 69.9 Å². The summed E-state index contributed by atoms with van der Waals surface area (Å²) in [4.78, 5) is 13.5. The molecule has 0 aliphatic rings. The zero-order chi connectivity index (χ0) is 21.2. The number of nitrogens with zero attached hydrogens (tertiary/aromatic N) is 3. The molecule has 0 aliphatic heterocycles. The predicted molar refractivity (Wildman–Crippen MR) is 122 cm³/mol. The maximum Gasteiger partial charge on any atom is 0.160 e. The van der Waals surface area contributed by atoms with E-state index >= 15 is 0 Å². The number of rotatable bonds is 11. The molecule has 1 aromatic carbocycles. The summed E-state index contributed by atoms with van der Waals surface area (Å²) >= 11 is 0. The molecule has 2 aromatic heterocycles. The van der Waals surface area contributed by atoms with Crippen LogP contribution in [0.3, 0.4) is 0 Å². The molecule has 4 heteroatoms. The first-order valence-corrected chi connectivity index (χ1v) is 11.3. The summed E-state index contributed by atoms with van der Waals surface area (Å²) in [5.74, 6) is 0.524. The summed E-state index contributed by atoms with van der Waals surface area (Å²) in [6.07, 6.45) is 15.7. The maximum atomic E-state index is 14.4. The van der Waals surface area contributed by atoms with E-state index in [9.17, 15) is 4.39 Å². The van der Waals surface area contributed by atoms with Gasteiger partial charge in [0.15, 0.2) is 5.82 Å². The third-order valence-corrected chi connectivity index (χ3v) is 5.44. The normalized spacial score (nSPS) is 11.0. The molecule has 0 aliphatic carbocycles. The van der Waals surface area contributed by atoms with Crippen molar-refractivity contribution in [2.24, 2.45) is 0 Å². The molecule has 0 spiro atoms. The summed E-state index contributed by atoms with van der Waals surface area (Å²) in [5, 5.41) is 0. The molecular weight excluding hydrogens is 373 g/mol. The summed E-state index contributed by atoms with van der Waals surface area (Å²) in [7, 11) is 0. The minimum absolute atomic E-state index is 0.146. The Labute approximate surface area is 179 Å². The van der Waals surface area contributed by atoms with E-state index < -0.39 is 0 Å². The van der Waals surface area contributed by atoms with Gasteiger partial charge in [-0.15, -0.1) is 0 Å². The lowest BCUT2D eigenvalue weighted by atomic mass is 10.0. The summed E-state index contributed by atoms with van der Waals surface area (Å²) < 4.78 is 14.4. The second-order valence-electron chi connectivity index (χ2n) is 7.92. The molecule has 0 saturated heterocycles. The lowest BCUT2D eigenvalue weighted by molar-refractivity contribution is 0.599. The number of aryl methyl sites for hydroxylation is 2. The van der Waals surface area contributed by atoms with Gasteiger partial charge in [-0.2, -0.15) is 0 Å². The summed E-state index contributed by atoms with van der Waals surface area (Å²) in [6, 6.07) is 9.29. The first-order chi connectivity index (χ1) is 14.7. The van der Waals surface area contributed by atoms with E-state index in [0.717, 1.165) is 54.5 Å². The van der Waals surface area contributed by atoms with Gasteiger partial charge in [-0.25, -0.2) is 14.4 Å². The zero-order valence-corrected chi connectivity index (χ0v) is 18.2.